The number of pyridine rings is 1. The summed E-state index contributed by atoms with van der Waals surface area (Å²) in [5.74, 6) is 1.59. The number of aromatic hydroxyl groups is 1. The lowest BCUT2D eigenvalue weighted by atomic mass is 9.80. The molecule has 1 N–H and O–H groups in total. The van der Waals surface area contributed by atoms with Gasteiger partial charge >= 0.3 is 5.97 Å². The molecule has 1 fully saturated rings. The van der Waals surface area contributed by atoms with E-state index < -0.39 is 0 Å². The molecular weight excluding hydrogens is 314 g/mol. The molecule has 0 aliphatic heterocycles. The van der Waals surface area contributed by atoms with E-state index >= 15 is 0 Å². The molecular formula is C21H25NO3. The molecule has 4 heteroatoms. The van der Waals surface area contributed by atoms with Gasteiger partial charge in [-0.3, -0.25) is 9.78 Å². The number of hydrogen-bond donors (Lipinski definition) is 1. The van der Waals surface area contributed by atoms with Gasteiger partial charge in [-0.1, -0.05) is 31.9 Å². The van der Waals surface area contributed by atoms with Crippen LogP contribution in [0.25, 0.3) is 0 Å². The number of rotatable bonds is 4. The third-order valence-electron chi connectivity index (χ3n) is 4.85. The summed E-state index contributed by atoms with van der Waals surface area (Å²) in [5, 5.41) is 10.2. The Morgan fingerprint density at radius 2 is 1.96 bits per heavy atom. The largest absolute Gasteiger partial charge is 0.506 e. The van der Waals surface area contributed by atoms with Gasteiger partial charge in [0.15, 0.2) is 0 Å². The van der Waals surface area contributed by atoms with E-state index in [1.54, 1.807) is 18.2 Å². The number of carbonyl (C=O) groups excluding carboxylic acids is 1. The summed E-state index contributed by atoms with van der Waals surface area (Å²) in [6.45, 7) is 3.67. The fraction of sp³-hybridized carbons (Fsp3) is 0.429. The first kappa shape index (κ1) is 17.5. The second-order valence-electron chi connectivity index (χ2n) is 7.09. The highest BCUT2D eigenvalue weighted by molar-refractivity contribution is 5.69. The monoisotopic (exact) mass is 339 g/mol. The number of nitrogens with zero attached hydrogens (tertiary/aromatic N) is 1. The fourth-order valence-corrected chi connectivity index (χ4v) is 3.64. The van der Waals surface area contributed by atoms with Crippen molar-refractivity contribution in [2.75, 3.05) is 0 Å². The van der Waals surface area contributed by atoms with Crippen molar-refractivity contribution >= 4 is 5.97 Å². The first-order valence-electron chi connectivity index (χ1n) is 8.97. The average Bonchev–Trinajstić information content (AvgIpc) is 2.58. The lowest BCUT2D eigenvalue weighted by Gasteiger charge is -2.27. The molecule has 2 aromatic rings. The number of aromatic nitrogens is 1. The highest BCUT2D eigenvalue weighted by Gasteiger charge is 2.24. The Balaban J connectivity index is 1.74. The van der Waals surface area contributed by atoms with E-state index in [2.05, 4.69) is 6.92 Å². The summed E-state index contributed by atoms with van der Waals surface area (Å²) in [4.78, 5) is 15.7. The zero-order chi connectivity index (χ0) is 17.8. The first-order valence-corrected chi connectivity index (χ1v) is 8.97. The molecule has 4 nitrogen and oxygen atoms in total. The van der Waals surface area contributed by atoms with Crippen LogP contribution < -0.4 is 4.74 Å². The Bertz CT molecular complexity index is 739. The Morgan fingerprint density at radius 3 is 2.64 bits per heavy atom. The minimum atomic E-state index is -0.320. The van der Waals surface area contributed by atoms with Gasteiger partial charge < -0.3 is 9.84 Å². The van der Waals surface area contributed by atoms with E-state index in [1.165, 1.54) is 19.8 Å². The molecule has 1 heterocycles. The third-order valence-corrected chi connectivity index (χ3v) is 4.85. The lowest BCUT2D eigenvalue weighted by molar-refractivity contribution is -0.131. The maximum Gasteiger partial charge on any atom is 0.308 e. The van der Waals surface area contributed by atoms with Crippen LogP contribution in [0.1, 0.15) is 62.4 Å². The van der Waals surface area contributed by atoms with Crippen LogP contribution in [-0.2, 0) is 11.2 Å². The molecule has 25 heavy (non-hydrogen) atoms. The maximum atomic E-state index is 11.0. The van der Waals surface area contributed by atoms with Crippen LogP contribution in [-0.4, -0.2) is 16.1 Å². The Hall–Kier alpha value is -2.36. The van der Waals surface area contributed by atoms with Gasteiger partial charge in [-0.25, -0.2) is 0 Å². The van der Waals surface area contributed by atoms with E-state index in [0.29, 0.717) is 29.8 Å². The van der Waals surface area contributed by atoms with Crippen molar-refractivity contribution in [3.63, 3.8) is 0 Å². The summed E-state index contributed by atoms with van der Waals surface area (Å²) < 4.78 is 5.06. The topological polar surface area (TPSA) is 59.4 Å². The molecule has 1 saturated carbocycles. The van der Waals surface area contributed by atoms with E-state index in [1.807, 2.05) is 18.2 Å². The van der Waals surface area contributed by atoms with Gasteiger partial charge in [-0.15, -0.1) is 0 Å². The van der Waals surface area contributed by atoms with Crippen LogP contribution in [0.3, 0.4) is 0 Å². The van der Waals surface area contributed by atoms with Gasteiger partial charge in [-0.05, 0) is 48.6 Å². The first-order chi connectivity index (χ1) is 12.0. The predicted octanol–water partition coefficient (Wildman–Crippen LogP) is 4.60. The third kappa shape index (κ3) is 4.59. The molecule has 2 atom stereocenters. The van der Waals surface area contributed by atoms with Crippen molar-refractivity contribution in [3.05, 3.63) is 53.3 Å². The number of benzene rings is 1. The van der Waals surface area contributed by atoms with E-state index in [4.69, 9.17) is 9.72 Å². The standard InChI is InChI=1S/C21H25NO3/c1-14-4-3-5-17(12-14)21-20(24)11-8-18(22-21)13-16-6-9-19(10-7-16)25-15(2)23/h6-11,14,17,24H,3-5,12-13H2,1-2H3. The average molecular weight is 339 g/mol. The van der Waals surface area contributed by atoms with Gasteiger partial charge in [0, 0.05) is 25.0 Å². The summed E-state index contributed by atoms with van der Waals surface area (Å²) in [6.07, 6.45) is 5.36. The van der Waals surface area contributed by atoms with Gasteiger partial charge in [0.05, 0.1) is 5.69 Å². The lowest BCUT2D eigenvalue weighted by Crippen LogP contribution is -2.13. The van der Waals surface area contributed by atoms with Crippen LogP contribution in [0, 0.1) is 5.92 Å². The predicted molar refractivity (Wildman–Crippen MR) is 96.8 cm³/mol. The zero-order valence-corrected chi connectivity index (χ0v) is 14.9. The molecule has 0 spiro atoms. The van der Waals surface area contributed by atoms with Crippen LogP contribution in [0.2, 0.25) is 0 Å². The molecule has 1 aromatic carbocycles. The highest BCUT2D eigenvalue weighted by atomic mass is 16.5. The second kappa shape index (κ2) is 7.68. The highest BCUT2D eigenvalue weighted by Crippen LogP contribution is 2.38. The molecule has 1 aliphatic carbocycles. The SMILES string of the molecule is CC(=O)Oc1ccc(Cc2ccc(O)c(C3CCCC(C)C3)n2)cc1. The molecule has 2 unspecified atom stereocenters. The molecule has 132 valence electrons. The van der Waals surface area contributed by atoms with Crippen LogP contribution in [0.5, 0.6) is 11.5 Å². The van der Waals surface area contributed by atoms with Gasteiger partial charge in [0.25, 0.3) is 0 Å². The molecule has 0 saturated heterocycles. The maximum absolute atomic E-state index is 11.0. The van der Waals surface area contributed by atoms with Gasteiger partial charge in [-0.2, -0.15) is 0 Å². The normalized spacial score (nSPS) is 20.2. The molecule has 0 radical (unpaired) electrons. The van der Waals surface area contributed by atoms with E-state index in [9.17, 15) is 9.90 Å². The van der Waals surface area contributed by atoms with Crippen LogP contribution in [0.4, 0.5) is 0 Å². The molecule has 1 aromatic heterocycles. The fourth-order valence-electron chi connectivity index (χ4n) is 3.64. The van der Waals surface area contributed by atoms with E-state index in [-0.39, 0.29) is 5.97 Å². The van der Waals surface area contributed by atoms with Crippen LogP contribution >= 0.6 is 0 Å². The van der Waals surface area contributed by atoms with Crippen molar-refractivity contribution in [1.29, 1.82) is 0 Å². The molecule has 0 bridgehead atoms. The number of esters is 1. The Morgan fingerprint density at radius 1 is 1.20 bits per heavy atom. The summed E-state index contributed by atoms with van der Waals surface area (Å²) in [7, 11) is 0. The zero-order valence-electron chi connectivity index (χ0n) is 14.9. The van der Waals surface area contributed by atoms with Crippen molar-refractivity contribution in [2.24, 2.45) is 5.92 Å². The summed E-state index contributed by atoms with van der Waals surface area (Å²) in [6, 6.07) is 11.1. The van der Waals surface area contributed by atoms with Crippen molar-refractivity contribution in [3.8, 4) is 11.5 Å². The van der Waals surface area contributed by atoms with Crippen molar-refractivity contribution < 1.29 is 14.6 Å². The van der Waals surface area contributed by atoms with Crippen molar-refractivity contribution in [2.45, 2.75) is 51.9 Å². The Kier molecular flexibility index (Phi) is 5.37. The van der Waals surface area contributed by atoms with Crippen LogP contribution in [0.15, 0.2) is 36.4 Å². The van der Waals surface area contributed by atoms with Crippen molar-refractivity contribution in [1.82, 2.24) is 4.98 Å². The Labute approximate surface area is 148 Å². The molecule has 1 aliphatic rings. The number of carbonyl (C=O) groups is 1. The molecule has 3 rings (SSSR count). The summed E-state index contributed by atoms with van der Waals surface area (Å²) >= 11 is 0. The smallest absolute Gasteiger partial charge is 0.308 e. The van der Waals surface area contributed by atoms with E-state index in [0.717, 1.165) is 29.8 Å². The summed E-state index contributed by atoms with van der Waals surface area (Å²) in [5.41, 5.74) is 2.89. The van der Waals surface area contributed by atoms with Gasteiger partial charge in [0.2, 0.25) is 0 Å². The number of ether oxygens (including phenoxy) is 1. The minimum absolute atomic E-state index is 0.313. The minimum Gasteiger partial charge on any atom is -0.506 e. The molecule has 0 amide bonds. The second-order valence-corrected chi connectivity index (χ2v) is 7.09. The van der Waals surface area contributed by atoms with Gasteiger partial charge in [0.1, 0.15) is 11.5 Å². The quantitative estimate of drug-likeness (QED) is 0.653. The number of hydrogen-bond acceptors (Lipinski definition) is 4.